The zero-order valence-corrected chi connectivity index (χ0v) is 9.61. The monoisotopic (exact) mass is 246 g/mol. The van der Waals surface area contributed by atoms with Gasteiger partial charge in [0, 0.05) is 20.1 Å². The molecule has 1 aromatic rings. The van der Waals surface area contributed by atoms with Crippen molar-refractivity contribution in [3.05, 3.63) is 12.3 Å². The molecule has 16 heavy (non-hydrogen) atoms. The van der Waals surface area contributed by atoms with Gasteiger partial charge >= 0.3 is 0 Å². The average Bonchev–Trinajstić information content (AvgIpc) is 2.86. The number of rotatable bonds is 3. The fourth-order valence-corrected chi connectivity index (χ4v) is 3.02. The van der Waals surface area contributed by atoms with Gasteiger partial charge in [-0.05, 0) is 6.07 Å². The Morgan fingerprint density at radius 2 is 2.31 bits per heavy atom. The normalized spacial score (nSPS) is 26.4. The van der Waals surface area contributed by atoms with Crippen LogP contribution in [0.15, 0.2) is 17.3 Å². The molecule has 2 rings (SSSR count). The Balaban J connectivity index is 2.24. The largest absolute Gasteiger partial charge is 0.390 e. The van der Waals surface area contributed by atoms with Crippen molar-refractivity contribution in [2.75, 3.05) is 20.1 Å². The number of aliphatic hydroxyl groups is 1. The first-order valence-corrected chi connectivity index (χ1v) is 6.33. The van der Waals surface area contributed by atoms with Crippen LogP contribution in [0.4, 0.5) is 0 Å². The van der Waals surface area contributed by atoms with E-state index in [-0.39, 0.29) is 5.03 Å². The number of nitrogens with one attached hydrogen (secondary N) is 2. The van der Waals surface area contributed by atoms with Gasteiger partial charge in [-0.1, -0.05) is 0 Å². The second kappa shape index (κ2) is 4.13. The van der Waals surface area contributed by atoms with E-state index in [0.717, 1.165) is 0 Å². The molecule has 0 saturated carbocycles. The Bertz CT molecular complexity index is 444. The Kier molecular flexibility index (Phi) is 2.98. The van der Waals surface area contributed by atoms with Crippen LogP contribution in [0.25, 0.3) is 0 Å². The number of likely N-dealkylation sites (N-methyl/N-ethyl adjacent to an activating group) is 1. The van der Waals surface area contributed by atoms with Gasteiger partial charge in [-0.15, -0.1) is 0 Å². The fraction of sp³-hybridized carbons (Fsp3) is 0.625. The third-order valence-corrected chi connectivity index (χ3v) is 4.56. The summed E-state index contributed by atoms with van der Waals surface area (Å²) in [5.74, 6) is 0. The Hall–Kier alpha value is -0.960. The number of nitrogens with zero attached hydrogens (tertiary/aromatic N) is 2. The first kappa shape index (κ1) is 11.5. The number of aromatic amines is 1. The van der Waals surface area contributed by atoms with Crippen LogP contribution in [0.5, 0.6) is 0 Å². The van der Waals surface area contributed by atoms with Gasteiger partial charge in [0.25, 0.3) is 10.0 Å². The molecule has 0 aromatic carbocycles. The minimum Gasteiger partial charge on any atom is -0.390 e. The van der Waals surface area contributed by atoms with E-state index in [1.165, 1.54) is 23.6 Å². The van der Waals surface area contributed by atoms with Crippen LogP contribution in [0, 0.1) is 0 Å². The van der Waals surface area contributed by atoms with Crippen LogP contribution in [-0.2, 0) is 10.0 Å². The molecule has 90 valence electrons. The van der Waals surface area contributed by atoms with Crippen LogP contribution in [0.2, 0.25) is 0 Å². The number of hydrogen-bond donors (Lipinski definition) is 3. The molecular weight excluding hydrogens is 232 g/mol. The van der Waals surface area contributed by atoms with Crippen molar-refractivity contribution in [3.8, 4) is 0 Å². The number of sulfonamides is 1. The van der Waals surface area contributed by atoms with E-state index in [1.54, 1.807) is 0 Å². The Labute approximate surface area is 93.5 Å². The molecule has 2 heterocycles. The van der Waals surface area contributed by atoms with E-state index in [4.69, 9.17) is 0 Å². The maximum atomic E-state index is 12.0. The number of aromatic nitrogens is 2. The van der Waals surface area contributed by atoms with Crippen LogP contribution >= 0.6 is 0 Å². The lowest BCUT2D eigenvalue weighted by atomic mass is 10.2. The quantitative estimate of drug-likeness (QED) is 0.594. The molecule has 0 bridgehead atoms. The fourth-order valence-electron chi connectivity index (χ4n) is 1.74. The van der Waals surface area contributed by atoms with E-state index in [0.29, 0.717) is 13.1 Å². The van der Waals surface area contributed by atoms with Gasteiger partial charge in [0.1, 0.15) is 0 Å². The van der Waals surface area contributed by atoms with Crippen molar-refractivity contribution in [2.45, 2.75) is 17.2 Å². The summed E-state index contributed by atoms with van der Waals surface area (Å²) in [7, 11) is -2.14. The molecule has 1 aromatic heterocycles. The molecule has 1 saturated heterocycles. The van der Waals surface area contributed by atoms with E-state index in [2.05, 4.69) is 15.5 Å². The SMILES string of the molecule is CN([C@H]1CNC[C@@H]1O)S(=O)(=O)c1ccn[nH]1. The van der Waals surface area contributed by atoms with Crippen molar-refractivity contribution >= 4 is 10.0 Å². The van der Waals surface area contributed by atoms with E-state index in [1.807, 2.05) is 0 Å². The zero-order valence-electron chi connectivity index (χ0n) is 8.79. The van der Waals surface area contributed by atoms with Crippen molar-refractivity contribution in [3.63, 3.8) is 0 Å². The molecule has 0 spiro atoms. The van der Waals surface area contributed by atoms with Crippen molar-refractivity contribution < 1.29 is 13.5 Å². The summed E-state index contributed by atoms with van der Waals surface area (Å²) in [5.41, 5.74) is 0. The van der Waals surface area contributed by atoms with E-state index < -0.39 is 22.2 Å². The number of H-pyrrole nitrogens is 1. The summed E-state index contributed by atoms with van der Waals surface area (Å²) in [6.07, 6.45) is 0.701. The lowest BCUT2D eigenvalue weighted by molar-refractivity contribution is 0.136. The highest BCUT2D eigenvalue weighted by Gasteiger charge is 2.36. The average molecular weight is 246 g/mol. The predicted molar refractivity (Wildman–Crippen MR) is 56.2 cm³/mol. The molecule has 0 unspecified atom stereocenters. The first-order valence-electron chi connectivity index (χ1n) is 4.89. The molecule has 0 amide bonds. The van der Waals surface area contributed by atoms with Gasteiger partial charge in [-0.3, -0.25) is 5.10 Å². The lowest BCUT2D eigenvalue weighted by Crippen LogP contribution is -2.44. The highest BCUT2D eigenvalue weighted by molar-refractivity contribution is 7.89. The summed E-state index contributed by atoms with van der Waals surface area (Å²) >= 11 is 0. The lowest BCUT2D eigenvalue weighted by Gasteiger charge is -2.24. The summed E-state index contributed by atoms with van der Waals surface area (Å²) in [6, 6.07) is 0.953. The van der Waals surface area contributed by atoms with Crippen LogP contribution in [-0.4, -0.2) is 60.3 Å². The smallest absolute Gasteiger partial charge is 0.260 e. The van der Waals surface area contributed by atoms with Gasteiger partial charge < -0.3 is 10.4 Å². The predicted octanol–water partition coefficient (Wildman–Crippen LogP) is -1.64. The van der Waals surface area contributed by atoms with Gasteiger partial charge in [-0.2, -0.15) is 9.40 Å². The zero-order chi connectivity index (χ0) is 11.8. The molecule has 1 aliphatic rings. The van der Waals surface area contributed by atoms with Crippen molar-refractivity contribution in [1.82, 2.24) is 19.8 Å². The highest BCUT2D eigenvalue weighted by atomic mass is 32.2. The van der Waals surface area contributed by atoms with Crippen LogP contribution in [0.3, 0.4) is 0 Å². The van der Waals surface area contributed by atoms with Crippen molar-refractivity contribution in [2.24, 2.45) is 0 Å². The highest BCUT2D eigenvalue weighted by Crippen LogP contribution is 2.17. The molecular formula is C8H14N4O3S. The second-order valence-corrected chi connectivity index (χ2v) is 5.70. The molecule has 7 nitrogen and oxygen atoms in total. The molecule has 0 radical (unpaired) electrons. The Morgan fingerprint density at radius 1 is 1.56 bits per heavy atom. The summed E-state index contributed by atoms with van der Waals surface area (Å²) in [4.78, 5) is 0. The molecule has 3 N–H and O–H groups in total. The minimum absolute atomic E-state index is 0.0362. The van der Waals surface area contributed by atoms with E-state index >= 15 is 0 Å². The summed E-state index contributed by atoms with van der Waals surface area (Å²) < 4.78 is 25.3. The topological polar surface area (TPSA) is 98.3 Å². The van der Waals surface area contributed by atoms with Crippen molar-refractivity contribution in [1.29, 1.82) is 0 Å². The molecule has 1 aliphatic heterocycles. The standard InChI is InChI=1S/C8H14N4O3S/c1-12(6-4-9-5-7(6)13)16(14,15)8-2-3-10-11-8/h2-3,6-7,9,13H,4-5H2,1H3,(H,10,11)/t6-,7-/m0/s1. The molecule has 2 atom stereocenters. The number of β-amino-alcohol motifs (C(OH)–C–C–N with tert-alkyl or cyclic N) is 1. The first-order chi connectivity index (χ1) is 7.53. The van der Waals surface area contributed by atoms with Gasteiger partial charge in [0.2, 0.25) is 0 Å². The molecule has 0 aliphatic carbocycles. The van der Waals surface area contributed by atoms with Crippen LogP contribution < -0.4 is 5.32 Å². The molecule has 8 heteroatoms. The second-order valence-electron chi connectivity index (χ2n) is 3.74. The summed E-state index contributed by atoms with van der Waals surface area (Å²) in [6.45, 7) is 0.860. The van der Waals surface area contributed by atoms with Gasteiger partial charge in [0.05, 0.1) is 18.3 Å². The maximum absolute atomic E-state index is 12.0. The maximum Gasteiger partial charge on any atom is 0.260 e. The Morgan fingerprint density at radius 3 is 2.81 bits per heavy atom. The van der Waals surface area contributed by atoms with E-state index in [9.17, 15) is 13.5 Å². The summed E-state index contributed by atoms with van der Waals surface area (Å²) in [5, 5.41) is 18.6. The third kappa shape index (κ3) is 1.84. The van der Waals surface area contributed by atoms with Gasteiger partial charge in [-0.25, -0.2) is 8.42 Å². The molecule has 1 fully saturated rings. The number of hydrogen-bond acceptors (Lipinski definition) is 5. The third-order valence-electron chi connectivity index (χ3n) is 2.75. The van der Waals surface area contributed by atoms with Gasteiger partial charge in [0.15, 0.2) is 5.03 Å². The number of aliphatic hydroxyl groups excluding tert-OH is 1. The van der Waals surface area contributed by atoms with Crippen LogP contribution in [0.1, 0.15) is 0 Å². The minimum atomic E-state index is -3.60.